The third kappa shape index (κ3) is 3.15. The maximum atomic E-state index is 12.6. The van der Waals surface area contributed by atoms with Crippen molar-refractivity contribution in [2.45, 2.75) is 26.7 Å². The number of benzene rings is 1. The number of aromatic amines is 1. The number of rotatable bonds is 5. The summed E-state index contributed by atoms with van der Waals surface area (Å²) in [6, 6.07) is 8.11. The number of fused-ring (bicyclic) bond motifs is 1. The first-order valence-electron chi connectivity index (χ1n) is 8.45. The smallest absolute Gasteiger partial charge is 0.269 e. The Bertz CT molecular complexity index is 1080. The van der Waals surface area contributed by atoms with Gasteiger partial charge in [-0.05, 0) is 25.8 Å². The van der Waals surface area contributed by atoms with E-state index >= 15 is 0 Å². The number of aryl methyl sites for hydroxylation is 2. The molecule has 0 fully saturated rings. The number of aromatic nitrogens is 3. The minimum Gasteiger partial charge on any atom is -0.360 e. The highest BCUT2D eigenvalue weighted by molar-refractivity contribution is 7.15. The van der Waals surface area contributed by atoms with Crippen LogP contribution < -0.4 is 5.32 Å². The molecule has 1 amide bonds. The largest absolute Gasteiger partial charge is 0.360 e. The van der Waals surface area contributed by atoms with Crippen molar-refractivity contribution in [2.24, 2.45) is 0 Å². The molecule has 2 N–H and O–H groups in total. The number of H-pyrrole nitrogens is 1. The van der Waals surface area contributed by atoms with E-state index in [1.165, 1.54) is 22.7 Å². The highest BCUT2D eigenvalue weighted by Crippen LogP contribution is 2.31. The van der Waals surface area contributed by atoms with Crippen LogP contribution in [0.1, 0.15) is 33.7 Å². The third-order valence-electron chi connectivity index (χ3n) is 4.10. The summed E-state index contributed by atoms with van der Waals surface area (Å²) in [7, 11) is 0. The van der Waals surface area contributed by atoms with Gasteiger partial charge in [0.25, 0.3) is 5.91 Å². The number of carbonyl (C=O) groups excluding carboxylic acids is 1. The number of thiazole rings is 2. The molecule has 0 spiro atoms. The quantitative estimate of drug-likeness (QED) is 0.494. The molecule has 4 aromatic rings. The van der Waals surface area contributed by atoms with E-state index in [2.05, 4.69) is 33.3 Å². The fourth-order valence-electron chi connectivity index (χ4n) is 2.88. The zero-order chi connectivity index (χ0) is 18.1. The van der Waals surface area contributed by atoms with Crippen molar-refractivity contribution >= 4 is 44.6 Å². The Morgan fingerprint density at radius 1 is 1.27 bits per heavy atom. The molecule has 7 heteroatoms. The standard InChI is InChI=1S/C19H18N4OS2/c1-3-6-16-21-11(2)17(26-16)18(24)23-19-22-15(10-25-19)13-9-20-14-8-5-4-7-12(13)14/h4-5,7-10,20H,3,6H2,1-2H3,(H,22,23,24). The second-order valence-electron chi connectivity index (χ2n) is 6.01. The maximum absolute atomic E-state index is 12.6. The van der Waals surface area contributed by atoms with E-state index in [1.807, 2.05) is 36.7 Å². The SMILES string of the molecule is CCCc1nc(C)c(C(=O)Nc2nc(-c3c[nH]c4ccccc34)cs2)s1. The van der Waals surface area contributed by atoms with Gasteiger partial charge in [0.05, 0.1) is 16.4 Å². The lowest BCUT2D eigenvalue weighted by Crippen LogP contribution is -2.11. The van der Waals surface area contributed by atoms with Crippen LogP contribution in [-0.2, 0) is 6.42 Å². The van der Waals surface area contributed by atoms with Crippen molar-refractivity contribution in [2.75, 3.05) is 5.32 Å². The van der Waals surface area contributed by atoms with E-state index < -0.39 is 0 Å². The van der Waals surface area contributed by atoms with Gasteiger partial charge in [-0.15, -0.1) is 22.7 Å². The lowest BCUT2D eigenvalue weighted by Gasteiger charge is -1.99. The molecule has 0 radical (unpaired) electrons. The summed E-state index contributed by atoms with van der Waals surface area (Å²) in [6.07, 6.45) is 3.88. The van der Waals surface area contributed by atoms with Crippen molar-refractivity contribution in [1.29, 1.82) is 0 Å². The van der Waals surface area contributed by atoms with Crippen LogP contribution in [0.2, 0.25) is 0 Å². The van der Waals surface area contributed by atoms with E-state index in [9.17, 15) is 4.79 Å². The molecule has 0 saturated heterocycles. The van der Waals surface area contributed by atoms with Gasteiger partial charge < -0.3 is 4.98 Å². The van der Waals surface area contributed by atoms with Crippen molar-refractivity contribution < 1.29 is 4.79 Å². The van der Waals surface area contributed by atoms with Crippen LogP contribution in [0.5, 0.6) is 0 Å². The van der Waals surface area contributed by atoms with Crippen LogP contribution in [0, 0.1) is 6.92 Å². The van der Waals surface area contributed by atoms with Gasteiger partial charge in [-0.2, -0.15) is 0 Å². The van der Waals surface area contributed by atoms with Crippen molar-refractivity contribution in [3.05, 3.63) is 51.4 Å². The van der Waals surface area contributed by atoms with Gasteiger partial charge >= 0.3 is 0 Å². The van der Waals surface area contributed by atoms with Crippen LogP contribution in [0.3, 0.4) is 0 Å². The maximum Gasteiger partial charge on any atom is 0.269 e. The van der Waals surface area contributed by atoms with E-state index in [0.29, 0.717) is 10.0 Å². The Hall–Kier alpha value is -2.51. The predicted molar refractivity (Wildman–Crippen MR) is 108 cm³/mol. The van der Waals surface area contributed by atoms with E-state index in [-0.39, 0.29) is 5.91 Å². The molecule has 0 aliphatic heterocycles. The summed E-state index contributed by atoms with van der Waals surface area (Å²) < 4.78 is 0. The van der Waals surface area contributed by atoms with Gasteiger partial charge in [0, 0.05) is 28.0 Å². The molecule has 1 aromatic carbocycles. The van der Waals surface area contributed by atoms with Crippen LogP contribution in [-0.4, -0.2) is 20.9 Å². The second kappa shape index (κ2) is 7.01. The normalized spacial score (nSPS) is 11.2. The Kier molecular flexibility index (Phi) is 4.57. The molecule has 26 heavy (non-hydrogen) atoms. The fourth-order valence-corrected chi connectivity index (χ4v) is 4.64. The Balaban J connectivity index is 1.56. The number of hydrogen-bond acceptors (Lipinski definition) is 5. The van der Waals surface area contributed by atoms with E-state index in [0.717, 1.165) is 45.7 Å². The molecular formula is C19H18N4OS2. The number of para-hydroxylation sites is 1. The van der Waals surface area contributed by atoms with Gasteiger partial charge in [-0.1, -0.05) is 25.1 Å². The Morgan fingerprint density at radius 3 is 2.96 bits per heavy atom. The monoisotopic (exact) mass is 382 g/mol. The topological polar surface area (TPSA) is 70.7 Å². The number of carbonyl (C=O) groups is 1. The fraction of sp³-hybridized carbons (Fsp3) is 0.211. The average Bonchev–Trinajstić information content (AvgIpc) is 3.33. The van der Waals surface area contributed by atoms with Gasteiger partial charge in [-0.3, -0.25) is 10.1 Å². The number of anilines is 1. The third-order valence-corrected chi connectivity index (χ3v) is 6.07. The molecule has 0 bridgehead atoms. The van der Waals surface area contributed by atoms with Crippen LogP contribution in [0.15, 0.2) is 35.8 Å². The molecular weight excluding hydrogens is 364 g/mol. The number of nitrogens with one attached hydrogen (secondary N) is 2. The molecule has 0 aliphatic rings. The summed E-state index contributed by atoms with van der Waals surface area (Å²) in [4.78, 5) is 25.6. The minimum atomic E-state index is -0.137. The molecule has 132 valence electrons. The summed E-state index contributed by atoms with van der Waals surface area (Å²) in [5.74, 6) is -0.137. The molecule has 0 aliphatic carbocycles. The predicted octanol–water partition coefficient (Wildman–Crippen LogP) is 5.26. The second-order valence-corrected chi connectivity index (χ2v) is 7.95. The first-order chi connectivity index (χ1) is 12.7. The molecule has 3 aromatic heterocycles. The van der Waals surface area contributed by atoms with E-state index in [1.54, 1.807) is 0 Å². The van der Waals surface area contributed by atoms with Gasteiger partial charge in [-0.25, -0.2) is 9.97 Å². The van der Waals surface area contributed by atoms with Crippen LogP contribution >= 0.6 is 22.7 Å². The van der Waals surface area contributed by atoms with Gasteiger partial charge in [0.15, 0.2) is 5.13 Å². The van der Waals surface area contributed by atoms with E-state index in [4.69, 9.17) is 0 Å². The average molecular weight is 383 g/mol. The van der Waals surface area contributed by atoms with Crippen LogP contribution in [0.25, 0.3) is 22.2 Å². The summed E-state index contributed by atoms with van der Waals surface area (Å²) in [5, 5.41) is 7.61. The van der Waals surface area contributed by atoms with Crippen molar-refractivity contribution in [1.82, 2.24) is 15.0 Å². The number of amides is 1. The summed E-state index contributed by atoms with van der Waals surface area (Å²) in [5.41, 5.74) is 3.75. The molecule has 3 heterocycles. The van der Waals surface area contributed by atoms with Crippen LogP contribution in [0.4, 0.5) is 5.13 Å². The van der Waals surface area contributed by atoms with Crippen molar-refractivity contribution in [3.8, 4) is 11.3 Å². The lowest BCUT2D eigenvalue weighted by molar-refractivity contribution is 0.103. The minimum absolute atomic E-state index is 0.137. The summed E-state index contributed by atoms with van der Waals surface area (Å²) in [6.45, 7) is 3.99. The van der Waals surface area contributed by atoms with Gasteiger partial charge in [0.1, 0.15) is 4.88 Å². The molecule has 0 unspecified atom stereocenters. The molecule has 4 rings (SSSR count). The first-order valence-corrected chi connectivity index (χ1v) is 10.1. The Labute approximate surface area is 159 Å². The Morgan fingerprint density at radius 2 is 2.12 bits per heavy atom. The van der Waals surface area contributed by atoms with Crippen molar-refractivity contribution in [3.63, 3.8) is 0 Å². The van der Waals surface area contributed by atoms with Gasteiger partial charge in [0.2, 0.25) is 0 Å². The molecule has 0 atom stereocenters. The molecule has 5 nitrogen and oxygen atoms in total. The molecule has 0 saturated carbocycles. The first kappa shape index (κ1) is 16.9. The highest BCUT2D eigenvalue weighted by atomic mass is 32.1. The lowest BCUT2D eigenvalue weighted by atomic mass is 10.1. The summed E-state index contributed by atoms with van der Waals surface area (Å²) >= 11 is 2.90. The number of nitrogens with zero attached hydrogens (tertiary/aromatic N) is 2. The highest BCUT2D eigenvalue weighted by Gasteiger charge is 2.17. The zero-order valence-corrected chi connectivity index (χ0v) is 16.1. The zero-order valence-electron chi connectivity index (χ0n) is 14.5. The number of hydrogen-bond donors (Lipinski definition) is 2.